The van der Waals surface area contributed by atoms with Crippen molar-refractivity contribution in [3.63, 3.8) is 0 Å². The zero-order valence-corrected chi connectivity index (χ0v) is 13.4. The number of nitrogens with zero attached hydrogens (tertiary/aromatic N) is 1. The molecule has 3 nitrogen and oxygen atoms in total. The summed E-state index contributed by atoms with van der Waals surface area (Å²) >= 11 is 5.34. The second-order valence-corrected chi connectivity index (χ2v) is 7.29. The highest BCUT2D eigenvalue weighted by Crippen LogP contribution is 2.24. The summed E-state index contributed by atoms with van der Waals surface area (Å²) in [4.78, 5) is 3.76. The Hall–Kier alpha value is 0.0600. The molecule has 0 bridgehead atoms. The highest BCUT2D eigenvalue weighted by atomic mass is 79.9. The predicted molar refractivity (Wildman–Crippen MR) is 80.4 cm³/mol. The molecule has 1 aliphatic rings. The first-order valence-corrected chi connectivity index (χ1v) is 8.07. The SMILES string of the molecule is CCNC(Cc1ccc(Br)s1)C1CN(C)CCO1. The second kappa shape index (κ2) is 7.01. The van der Waals surface area contributed by atoms with Gasteiger partial charge in [-0.15, -0.1) is 11.3 Å². The third-order valence-electron chi connectivity index (χ3n) is 3.26. The maximum absolute atomic E-state index is 5.93. The van der Waals surface area contributed by atoms with Crippen molar-refractivity contribution in [3.8, 4) is 0 Å². The van der Waals surface area contributed by atoms with Gasteiger partial charge >= 0.3 is 0 Å². The van der Waals surface area contributed by atoms with Crippen molar-refractivity contribution in [3.05, 3.63) is 20.8 Å². The minimum Gasteiger partial charge on any atom is -0.374 e. The van der Waals surface area contributed by atoms with E-state index in [-0.39, 0.29) is 0 Å². The molecular formula is C13H21BrN2OS. The fraction of sp³-hybridized carbons (Fsp3) is 0.692. The predicted octanol–water partition coefficient (Wildman–Crippen LogP) is 2.36. The quantitative estimate of drug-likeness (QED) is 0.895. The van der Waals surface area contributed by atoms with Crippen LogP contribution in [0.2, 0.25) is 0 Å². The molecule has 1 N–H and O–H groups in total. The van der Waals surface area contributed by atoms with Crippen LogP contribution in [0, 0.1) is 0 Å². The van der Waals surface area contributed by atoms with Crippen LogP contribution in [0.4, 0.5) is 0 Å². The number of halogens is 1. The van der Waals surface area contributed by atoms with Gasteiger partial charge in [0.25, 0.3) is 0 Å². The minimum absolute atomic E-state index is 0.296. The van der Waals surface area contributed by atoms with Gasteiger partial charge in [0.05, 0.1) is 16.5 Å². The average Bonchev–Trinajstić information content (AvgIpc) is 2.74. The molecule has 1 aromatic rings. The smallest absolute Gasteiger partial charge is 0.0858 e. The number of ether oxygens (including phenoxy) is 1. The number of rotatable bonds is 5. The van der Waals surface area contributed by atoms with E-state index in [1.807, 2.05) is 11.3 Å². The van der Waals surface area contributed by atoms with E-state index in [2.05, 4.69) is 52.3 Å². The normalized spacial score (nSPS) is 23.2. The van der Waals surface area contributed by atoms with Gasteiger partial charge < -0.3 is 15.0 Å². The van der Waals surface area contributed by atoms with Crippen LogP contribution >= 0.6 is 27.3 Å². The Kier molecular flexibility index (Phi) is 5.63. The summed E-state index contributed by atoms with van der Waals surface area (Å²) in [6.07, 6.45) is 1.34. The third kappa shape index (κ3) is 4.03. The number of likely N-dealkylation sites (N-methyl/N-ethyl adjacent to an activating group) is 2. The van der Waals surface area contributed by atoms with Crippen LogP contribution in [0.1, 0.15) is 11.8 Å². The van der Waals surface area contributed by atoms with E-state index >= 15 is 0 Å². The number of nitrogens with one attached hydrogen (secondary N) is 1. The summed E-state index contributed by atoms with van der Waals surface area (Å²) < 4.78 is 7.13. The van der Waals surface area contributed by atoms with Crippen LogP contribution in [-0.4, -0.2) is 50.3 Å². The Morgan fingerprint density at radius 3 is 3.06 bits per heavy atom. The van der Waals surface area contributed by atoms with Crippen molar-refractivity contribution in [1.29, 1.82) is 0 Å². The van der Waals surface area contributed by atoms with Gasteiger partial charge in [0.15, 0.2) is 0 Å². The Morgan fingerprint density at radius 1 is 1.61 bits per heavy atom. The Morgan fingerprint density at radius 2 is 2.44 bits per heavy atom. The van der Waals surface area contributed by atoms with Crippen LogP contribution in [0.25, 0.3) is 0 Å². The molecule has 2 atom stereocenters. The lowest BCUT2D eigenvalue weighted by atomic mass is 10.0. The van der Waals surface area contributed by atoms with Gasteiger partial charge in [-0.25, -0.2) is 0 Å². The Balaban J connectivity index is 1.98. The van der Waals surface area contributed by atoms with Gasteiger partial charge in [0.2, 0.25) is 0 Å². The van der Waals surface area contributed by atoms with Gasteiger partial charge in [-0.3, -0.25) is 0 Å². The van der Waals surface area contributed by atoms with Crippen molar-refractivity contribution in [2.45, 2.75) is 25.5 Å². The van der Waals surface area contributed by atoms with Crippen LogP contribution in [0.5, 0.6) is 0 Å². The fourth-order valence-electron chi connectivity index (χ4n) is 2.33. The molecule has 5 heteroatoms. The third-order valence-corrected chi connectivity index (χ3v) is 4.91. The molecule has 0 amide bonds. The van der Waals surface area contributed by atoms with Gasteiger partial charge in [0, 0.05) is 24.0 Å². The molecule has 0 aromatic carbocycles. The summed E-state index contributed by atoms with van der Waals surface area (Å²) in [6, 6.07) is 4.73. The lowest BCUT2D eigenvalue weighted by molar-refractivity contribution is -0.0380. The first kappa shape index (κ1) is 14.5. The summed E-state index contributed by atoms with van der Waals surface area (Å²) in [6.45, 7) is 6.05. The number of morpholine rings is 1. The zero-order valence-electron chi connectivity index (χ0n) is 11.0. The van der Waals surface area contributed by atoms with Crippen molar-refractivity contribution >= 4 is 27.3 Å². The number of hydrogen-bond acceptors (Lipinski definition) is 4. The maximum atomic E-state index is 5.93. The molecule has 2 rings (SSSR count). The maximum Gasteiger partial charge on any atom is 0.0858 e. The Bertz CT molecular complexity index is 372. The van der Waals surface area contributed by atoms with E-state index in [1.54, 1.807) is 0 Å². The molecule has 1 aliphatic heterocycles. The molecule has 1 saturated heterocycles. The highest BCUT2D eigenvalue weighted by Gasteiger charge is 2.26. The van der Waals surface area contributed by atoms with E-state index in [4.69, 9.17) is 4.74 Å². The molecule has 0 saturated carbocycles. The van der Waals surface area contributed by atoms with E-state index in [0.29, 0.717) is 12.1 Å². The van der Waals surface area contributed by atoms with Crippen LogP contribution in [-0.2, 0) is 11.2 Å². The topological polar surface area (TPSA) is 24.5 Å². The summed E-state index contributed by atoms with van der Waals surface area (Å²) in [7, 11) is 2.17. The van der Waals surface area contributed by atoms with Crippen LogP contribution in [0.15, 0.2) is 15.9 Å². The molecule has 0 spiro atoms. The zero-order chi connectivity index (χ0) is 13.0. The van der Waals surface area contributed by atoms with E-state index in [1.165, 1.54) is 8.66 Å². The summed E-state index contributed by atoms with van der Waals surface area (Å²) in [5, 5.41) is 3.57. The molecular weight excluding hydrogens is 312 g/mol. The largest absolute Gasteiger partial charge is 0.374 e. The van der Waals surface area contributed by atoms with Crippen molar-refractivity contribution in [1.82, 2.24) is 10.2 Å². The lowest BCUT2D eigenvalue weighted by Gasteiger charge is -2.35. The highest BCUT2D eigenvalue weighted by molar-refractivity contribution is 9.11. The molecule has 2 unspecified atom stereocenters. The van der Waals surface area contributed by atoms with Gasteiger partial charge in [-0.2, -0.15) is 0 Å². The minimum atomic E-state index is 0.296. The average molecular weight is 333 g/mol. The van der Waals surface area contributed by atoms with Crippen LogP contribution < -0.4 is 5.32 Å². The van der Waals surface area contributed by atoms with Crippen molar-refractivity contribution in [2.24, 2.45) is 0 Å². The van der Waals surface area contributed by atoms with Crippen molar-refractivity contribution < 1.29 is 4.74 Å². The number of hydrogen-bond donors (Lipinski definition) is 1. The molecule has 2 heterocycles. The molecule has 0 radical (unpaired) electrons. The molecule has 102 valence electrons. The molecule has 0 aliphatic carbocycles. The number of thiophene rings is 1. The van der Waals surface area contributed by atoms with E-state index in [9.17, 15) is 0 Å². The van der Waals surface area contributed by atoms with E-state index in [0.717, 1.165) is 32.7 Å². The standard InChI is InChI=1S/C13H21BrN2OS/c1-3-15-11(8-10-4-5-13(14)18-10)12-9-16(2)6-7-17-12/h4-5,11-12,15H,3,6-9H2,1-2H3. The molecule has 18 heavy (non-hydrogen) atoms. The second-order valence-electron chi connectivity index (χ2n) is 4.75. The first-order valence-electron chi connectivity index (χ1n) is 6.46. The molecule has 1 aromatic heterocycles. The van der Waals surface area contributed by atoms with Crippen molar-refractivity contribution in [2.75, 3.05) is 33.3 Å². The fourth-order valence-corrected chi connectivity index (χ4v) is 3.87. The summed E-state index contributed by atoms with van der Waals surface area (Å²) in [5.74, 6) is 0. The van der Waals surface area contributed by atoms with Gasteiger partial charge in [0.1, 0.15) is 0 Å². The van der Waals surface area contributed by atoms with E-state index < -0.39 is 0 Å². The lowest BCUT2D eigenvalue weighted by Crippen LogP contribution is -2.52. The Labute approximate surface area is 122 Å². The summed E-state index contributed by atoms with van der Waals surface area (Å²) in [5.41, 5.74) is 0. The molecule has 1 fully saturated rings. The van der Waals surface area contributed by atoms with Crippen LogP contribution in [0.3, 0.4) is 0 Å². The first-order chi connectivity index (χ1) is 8.69. The monoisotopic (exact) mass is 332 g/mol. The van der Waals surface area contributed by atoms with Gasteiger partial charge in [-0.05, 0) is 48.1 Å². The van der Waals surface area contributed by atoms with Gasteiger partial charge in [-0.1, -0.05) is 6.92 Å².